The molecule has 0 radical (unpaired) electrons. The van der Waals surface area contributed by atoms with Crippen LogP contribution in [-0.4, -0.2) is 46.4 Å². The van der Waals surface area contributed by atoms with Crippen LogP contribution in [0.1, 0.15) is 12.5 Å². The first-order valence-corrected chi connectivity index (χ1v) is 7.19. The molecular weight excluding hydrogens is 254 g/mol. The van der Waals surface area contributed by atoms with E-state index in [2.05, 4.69) is 15.3 Å². The Hall–Kier alpha value is -1.21. The van der Waals surface area contributed by atoms with Crippen LogP contribution in [0.5, 0.6) is 11.8 Å². The van der Waals surface area contributed by atoms with Gasteiger partial charge in [0, 0.05) is 35.4 Å². The van der Waals surface area contributed by atoms with Crippen molar-refractivity contribution in [3.05, 3.63) is 11.9 Å². The summed E-state index contributed by atoms with van der Waals surface area (Å²) in [5.41, 5.74) is 0.768. The molecule has 1 atom stereocenters. The molecule has 1 unspecified atom stereocenters. The molecule has 18 heavy (non-hydrogen) atoms. The van der Waals surface area contributed by atoms with Crippen molar-refractivity contribution in [3.8, 4) is 11.8 Å². The third-order valence-electron chi connectivity index (χ3n) is 2.38. The monoisotopic (exact) mass is 273 g/mol. The largest absolute Gasteiger partial charge is 0.481 e. The van der Waals surface area contributed by atoms with E-state index in [4.69, 9.17) is 9.47 Å². The van der Waals surface area contributed by atoms with E-state index in [1.807, 2.05) is 6.92 Å². The fourth-order valence-corrected chi connectivity index (χ4v) is 2.09. The first-order valence-electron chi connectivity index (χ1n) is 5.70. The maximum Gasteiger partial charge on any atom is 0.224 e. The summed E-state index contributed by atoms with van der Waals surface area (Å²) in [5.74, 6) is 2.30. The zero-order valence-corrected chi connectivity index (χ0v) is 11.7. The van der Waals surface area contributed by atoms with Gasteiger partial charge in [-0.3, -0.25) is 4.21 Å². The van der Waals surface area contributed by atoms with E-state index < -0.39 is 10.8 Å². The van der Waals surface area contributed by atoms with Crippen molar-refractivity contribution in [2.75, 3.05) is 32.3 Å². The molecule has 1 heterocycles. The van der Waals surface area contributed by atoms with Crippen LogP contribution in [0.15, 0.2) is 6.33 Å². The van der Waals surface area contributed by atoms with Crippen LogP contribution in [0.25, 0.3) is 0 Å². The molecule has 0 saturated carbocycles. The lowest BCUT2D eigenvalue weighted by Crippen LogP contribution is -2.21. The van der Waals surface area contributed by atoms with Crippen molar-refractivity contribution in [2.45, 2.75) is 13.5 Å². The summed E-state index contributed by atoms with van der Waals surface area (Å²) in [6.45, 7) is 3.10. The Bertz CT molecular complexity index is 379. The minimum Gasteiger partial charge on any atom is -0.481 e. The van der Waals surface area contributed by atoms with E-state index in [-0.39, 0.29) is 0 Å². The van der Waals surface area contributed by atoms with Gasteiger partial charge in [0.05, 0.1) is 19.8 Å². The Labute approximate surface area is 110 Å². The van der Waals surface area contributed by atoms with E-state index >= 15 is 0 Å². The van der Waals surface area contributed by atoms with Gasteiger partial charge in [-0.15, -0.1) is 0 Å². The van der Waals surface area contributed by atoms with E-state index in [0.717, 1.165) is 5.56 Å². The number of nitrogens with one attached hydrogen (secondary N) is 1. The highest BCUT2D eigenvalue weighted by molar-refractivity contribution is 7.84. The Balaban J connectivity index is 2.57. The van der Waals surface area contributed by atoms with Gasteiger partial charge in [0.1, 0.15) is 6.33 Å². The predicted octanol–water partition coefficient (Wildman–Crippen LogP) is 0.352. The minimum atomic E-state index is -0.755. The predicted molar refractivity (Wildman–Crippen MR) is 70.4 cm³/mol. The van der Waals surface area contributed by atoms with Crippen LogP contribution in [0.2, 0.25) is 0 Å². The number of aromatic nitrogens is 2. The molecule has 6 nitrogen and oxygen atoms in total. The third-order valence-corrected chi connectivity index (χ3v) is 3.69. The lowest BCUT2D eigenvalue weighted by Gasteiger charge is -2.11. The number of hydrogen-bond acceptors (Lipinski definition) is 6. The number of nitrogens with zero attached hydrogens (tertiary/aromatic N) is 2. The van der Waals surface area contributed by atoms with Gasteiger partial charge in [-0.1, -0.05) is 6.92 Å². The van der Waals surface area contributed by atoms with Crippen molar-refractivity contribution in [2.24, 2.45) is 0 Å². The normalized spacial score (nSPS) is 12.2. The Morgan fingerprint density at radius 1 is 1.28 bits per heavy atom. The molecule has 0 amide bonds. The number of rotatable bonds is 8. The van der Waals surface area contributed by atoms with Gasteiger partial charge in [-0.25, -0.2) is 9.97 Å². The summed E-state index contributed by atoms with van der Waals surface area (Å²) in [5, 5.41) is 3.18. The minimum absolute atomic E-state index is 0.492. The number of methoxy groups -OCH3 is 2. The number of ether oxygens (including phenoxy) is 2. The van der Waals surface area contributed by atoms with Crippen LogP contribution >= 0.6 is 0 Å². The van der Waals surface area contributed by atoms with E-state index in [1.165, 1.54) is 6.33 Å². The fraction of sp³-hybridized carbons (Fsp3) is 0.636. The molecule has 0 bridgehead atoms. The highest BCUT2D eigenvalue weighted by Gasteiger charge is 2.12. The number of hydrogen-bond donors (Lipinski definition) is 1. The van der Waals surface area contributed by atoms with Gasteiger partial charge in [-0.05, 0) is 0 Å². The molecule has 1 aromatic heterocycles. The topological polar surface area (TPSA) is 73.3 Å². The summed E-state index contributed by atoms with van der Waals surface area (Å²) >= 11 is 0. The molecule has 0 aromatic carbocycles. The molecule has 0 saturated heterocycles. The molecule has 102 valence electrons. The van der Waals surface area contributed by atoms with Crippen molar-refractivity contribution in [1.82, 2.24) is 15.3 Å². The average Bonchev–Trinajstić information content (AvgIpc) is 2.42. The molecule has 1 N–H and O–H groups in total. The summed E-state index contributed by atoms with van der Waals surface area (Å²) in [7, 11) is 2.35. The van der Waals surface area contributed by atoms with Crippen LogP contribution in [0, 0.1) is 0 Å². The Morgan fingerprint density at radius 3 is 2.39 bits per heavy atom. The van der Waals surface area contributed by atoms with Crippen molar-refractivity contribution in [3.63, 3.8) is 0 Å². The quantitative estimate of drug-likeness (QED) is 0.689. The highest BCUT2D eigenvalue weighted by atomic mass is 32.2. The lowest BCUT2D eigenvalue weighted by molar-refractivity contribution is 0.359. The van der Waals surface area contributed by atoms with Crippen LogP contribution in [0.3, 0.4) is 0 Å². The SMILES string of the molecule is CCS(=O)CCNCc1c(OC)ncnc1OC. The van der Waals surface area contributed by atoms with Crippen LogP contribution in [0.4, 0.5) is 0 Å². The molecule has 0 spiro atoms. The maximum atomic E-state index is 11.3. The van der Waals surface area contributed by atoms with Gasteiger partial charge < -0.3 is 14.8 Å². The lowest BCUT2D eigenvalue weighted by atomic mass is 10.3. The second-order valence-electron chi connectivity index (χ2n) is 3.48. The van der Waals surface area contributed by atoms with Crippen molar-refractivity contribution in [1.29, 1.82) is 0 Å². The van der Waals surface area contributed by atoms with Gasteiger partial charge in [0.2, 0.25) is 11.8 Å². The zero-order chi connectivity index (χ0) is 13.4. The first-order chi connectivity index (χ1) is 8.72. The Morgan fingerprint density at radius 2 is 1.89 bits per heavy atom. The summed E-state index contributed by atoms with van der Waals surface area (Å²) in [4.78, 5) is 8.04. The molecule has 7 heteroatoms. The third kappa shape index (κ3) is 4.23. The second-order valence-corrected chi connectivity index (χ2v) is 5.35. The summed E-state index contributed by atoms with van der Waals surface area (Å²) in [6.07, 6.45) is 1.40. The highest BCUT2D eigenvalue weighted by Crippen LogP contribution is 2.22. The van der Waals surface area contributed by atoms with Gasteiger partial charge in [0.15, 0.2) is 0 Å². The van der Waals surface area contributed by atoms with E-state index in [1.54, 1.807) is 14.2 Å². The van der Waals surface area contributed by atoms with E-state index in [0.29, 0.717) is 36.4 Å². The van der Waals surface area contributed by atoms with Gasteiger partial charge >= 0.3 is 0 Å². The molecule has 1 aromatic rings. The molecule has 0 aliphatic carbocycles. The van der Waals surface area contributed by atoms with E-state index in [9.17, 15) is 4.21 Å². The van der Waals surface area contributed by atoms with Crippen molar-refractivity contribution >= 4 is 10.8 Å². The standard InChI is InChI=1S/C11H19N3O3S/c1-4-18(15)6-5-12-7-9-10(16-2)13-8-14-11(9)17-3/h8,12H,4-7H2,1-3H3. The molecule has 0 aliphatic rings. The van der Waals surface area contributed by atoms with Gasteiger partial charge in [-0.2, -0.15) is 0 Å². The fourth-order valence-electron chi connectivity index (χ4n) is 1.43. The average molecular weight is 273 g/mol. The summed E-state index contributed by atoms with van der Waals surface area (Å²) < 4.78 is 21.6. The molecule has 0 fully saturated rings. The smallest absolute Gasteiger partial charge is 0.224 e. The summed E-state index contributed by atoms with van der Waals surface area (Å²) in [6, 6.07) is 0. The van der Waals surface area contributed by atoms with Crippen LogP contribution < -0.4 is 14.8 Å². The van der Waals surface area contributed by atoms with Gasteiger partial charge in [0.25, 0.3) is 0 Å². The second kappa shape index (κ2) is 7.99. The maximum absolute atomic E-state index is 11.3. The molecule has 1 rings (SSSR count). The van der Waals surface area contributed by atoms with Crippen molar-refractivity contribution < 1.29 is 13.7 Å². The zero-order valence-electron chi connectivity index (χ0n) is 10.9. The first kappa shape index (κ1) is 14.8. The molecule has 0 aliphatic heterocycles. The Kier molecular flexibility index (Phi) is 6.59. The molecular formula is C11H19N3O3S. The van der Waals surface area contributed by atoms with Crippen LogP contribution in [-0.2, 0) is 17.3 Å².